The highest BCUT2D eigenvalue weighted by atomic mass is 19.1. The van der Waals surface area contributed by atoms with Crippen molar-refractivity contribution in [3.63, 3.8) is 0 Å². The zero-order chi connectivity index (χ0) is 21.9. The van der Waals surface area contributed by atoms with E-state index in [0.717, 1.165) is 35.4 Å². The number of imidazole rings is 1. The van der Waals surface area contributed by atoms with Gasteiger partial charge >= 0.3 is 0 Å². The highest BCUT2D eigenvalue weighted by Crippen LogP contribution is 2.27. The number of fused-ring (bicyclic) bond motifs is 1. The van der Waals surface area contributed by atoms with Crippen LogP contribution in [0.5, 0.6) is 5.75 Å². The van der Waals surface area contributed by atoms with Crippen molar-refractivity contribution in [1.29, 1.82) is 0 Å². The van der Waals surface area contributed by atoms with Gasteiger partial charge in [0.25, 0.3) is 0 Å². The summed E-state index contributed by atoms with van der Waals surface area (Å²) in [6, 6.07) is 16.0. The Morgan fingerprint density at radius 2 is 2.09 bits per heavy atom. The fraction of sp³-hybridized carbons (Fsp3) is 0.292. The van der Waals surface area contributed by atoms with Gasteiger partial charge in [0.2, 0.25) is 5.91 Å². The number of aromatic nitrogens is 4. The van der Waals surface area contributed by atoms with Crippen LogP contribution in [-0.4, -0.2) is 50.3 Å². The molecule has 0 aliphatic carbocycles. The number of carbonyl (C=O) groups is 1. The van der Waals surface area contributed by atoms with Crippen LogP contribution in [0.25, 0.3) is 11.0 Å². The highest BCUT2D eigenvalue weighted by Gasteiger charge is 2.29. The number of hydrogen-bond donors (Lipinski definition) is 1. The van der Waals surface area contributed by atoms with E-state index < -0.39 is 0 Å². The normalized spacial score (nSPS) is 16.0. The lowest BCUT2D eigenvalue weighted by molar-refractivity contribution is -0.130. The van der Waals surface area contributed by atoms with Crippen LogP contribution in [0.2, 0.25) is 0 Å². The minimum absolute atomic E-state index is 0.0925. The number of halogens is 1. The summed E-state index contributed by atoms with van der Waals surface area (Å²) in [6.45, 7) is 2.10. The Balaban J connectivity index is 1.14. The fourth-order valence-electron chi connectivity index (χ4n) is 4.16. The SMILES string of the molecule is O=C(Cn1cnc2ccccc21)N1CC[C@@H](c2cc(CCOc3cccc(F)c3)[nH]n2)C1. The third-order valence-corrected chi connectivity index (χ3v) is 5.88. The number of ether oxygens (including phenoxy) is 1. The summed E-state index contributed by atoms with van der Waals surface area (Å²) in [5.74, 6) is 0.510. The molecule has 0 spiro atoms. The number of carbonyl (C=O) groups excluding carboxylic acids is 1. The van der Waals surface area contributed by atoms with Gasteiger partial charge in [-0.1, -0.05) is 18.2 Å². The summed E-state index contributed by atoms with van der Waals surface area (Å²) < 4.78 is 20.7. The molecular formula is C24H24FN5O2. The third kappa shape index (κ3) is 4.34. The lowest BCUT2D eigenvalue weighted by atomic mass is 10.0. The summed E-state index contributed by atoms with van der Waals surface area (Å²) in [6.07, 6.45) is 3.26. The first-order valence-corrected chi connectivity index (χ1v) is 10.8. The molecule has 3 heterocycles. The number of hydrogen-bond acceptors (Lipinski definition) is 4. The molecule has 164 valence electrons. The van der Waals surface area contributed by atoms with E-state index >= 15 is 0 Å². The van der Waals surface area contributed by atoms with Gasteiger partial charge in [0.05, 0.1) is 29.7 Å². The van der Waals surface area contributed by atoms with Crippen molar-refractivity contribution in [2.24, 2.45) is 0 Å². The molecule has 5 rings (SSSR count). The van der Waals surface area contributed by atoms with Gasteiger partial charge in [0.1, 0.15) is 18.1 Å². The summed E-state index contributed by atoms with van der Waals surface area (Å²) in [5, 5.41) is 7.52. The molecule has 8 heteroatoms. The number of amides is 1. The second kappa shape index (κ2) is 8.82. The average molecular weight is 433 g/mol. The van der Waals surface area contributed by atoms with Gasteiger partial charge in [-0.15, -0.1) is 0 Å². The molecule has 1 N–H and O–H groups in total. The summed E-state index contributed by atoms with van der Waals surface area (Å²) in [5.41, 5.74) is 3.79. The van der Waals surface area contributed by atoms with Gasteiger partial charge in [-0.2, -0.15) is 5.10 Å². The average Bonchev–Trinajstić information content (AvgIpc) is 3.54. The van der Waals surface area contributed by atoms with Gasteiger partial charge in [-0.3, -0.25) is 9.89 Å². The minimum atomic E-state index is -0.312. The summed E-state index contributed by atoms with van der Waals surface area (Å²) in [7, 11) is 0. The predicted octanol–water partition coefficient (Wildman–Crippen LogP) is 3.54. The molecule has 0 saturated carbocycles. The molecule has 2 aromatic heterocycles. The van der Waals surface area contributed by atoms with E-state index in [9.17, 15) is 9.18 Å². The third-order valence-electron chi connectivity index (χ3n) is 5.88. The van der Waals surface area contributed by atoms with Crippen molar-refractivity contribution in [2.45, 2.75) is 25.3 Å². The Kier molecular flexibility index (Phi) is 5.58. The molecule has 0 radical (unpaired) electrons. The quantitative estimate of drug-likeness (QED) is 0.484. The van der Waals surface area contributed by atoms with Gasteiger partial charge in [-0.25, -0.2) is 9.37 Å². The van der Waals surface area contributed by atoms with Crippen LogP contribution in [0.4, 0.5) is 4.39 Å². The Labute approximate surface area is 184 Å². The number of likely N-dealkylation sites (tertiary alicyclic amines) is 1. The first-order valence-electron chi connectivity index (χ1n) is 10.8. The fourth-order valence-corrected chi connectivity index (χ4v) is 4.16. The van der Waals surface area contributed by atoms with E-state index in [0.29, 0.717) is 25.3 Å². The number of para-hydroxylation sites is 2. The zero-order valence-electron chi connectivity index (χ0n) is 17.6. The topological polar surface area (TPSA) is 76.0 Å². The van der Waals surface area contributed by atoms with E-state index in [2.05, 4.69) is 15.2 Å². The van der Waals surface area contributed by atoms with Crippen molar-refractivity contribution in [1.82, 2.24) is 24.6 Å². The van der Waals surface area contributed by atoms with Crippen molar-refractivity contribution in [3.8, 4) is 5.75 Å². The van der Waals surface area contributed by atoms with E-state index in [1.807, 2.05) is 39.8 Å². The molecule has 2 aromatic carbocycles. The van der Waals surface area contributed by atoms with E-state index in [1.165, 1.54) is 12.1 Å². The smallest absolute Gasteiger partial charge is 0.242 e. The van der Waals surface area contributed by atoms with Crippen molar-refractivity contribution in [2.75, 3.05) is 19.7 Å². The molecule has 4 aromatic rings. The molecule has 1 aliphatic rings. The Morgan fingerprint density at radius 3 is 3.00 bits per heavy atom. The van der Waals surface area contributed by atoms with E-state index in [1.54, 1.807) is 18.5 Å². The van der Waals surface area contributed by atoms with Gasteiger partial charge in [0.15, 0.2) is 0 Å². The Hall–Kier alpha value is -3.68. The van der Waals surface area contributed by atoms with Crippen LogP contribution >= 0.6 is 0 Å². The highest BCUT2D eigenvalue weighted by molar-refractivity contribution is 5.80. The number of H-pyrrole nitrogens is 1. The maximum absolute atomic E-state index is 13.2. The molecule has 0 unspecified atom stereocenters. The molecule has 1 fully saturated rings. The maximum atomic E-state index is 13.2. The monoisotopic (exact) mass is 433 g/mol. The van der Waals surface area contributed by atoms with Gasteiger partial charge in [-0.05, 0) is 36.8 Å². The summed E-state index contributed by atoms with van der Waals surface area (Å²) in [4.78, 5) is 19.1. The lowest BCUT2D eigenvalue weighted by Crippen LogP contribution is -2.31. The minimum Gasteiger partial charge on any atom is -0.493 e. The van der Waals surface area contributed by atoms with Crippen LogP contribution < -0.4 is 4.74 Å². The van der Waals surface area contributed by atoms with Crippen LogP contribution in [0.15, 0.2) is 60.9 Å². The zero-order valence-corrected chi connectivity index (χ0v) is 17.6. The Bertz CT molecular complexity index is 1230. The summed E-state index contributed by atoms with van der Waals surface area (Å²) >= 11 is 0. The molecule has 1 amide bonds. The first kappa shape index (κ1) is 20.2. The number of nitrogens with one attached hydrogen (secondary N) is 1. The standard InChI is InChI=1S/C24H24FN5O2/c25-18-4-3-5-20(12-18)32-11-9-19-13-22(28-27-19)17-8-10-29(14-17)24(31)15-30-16-26-21-6-1-2-7-23(21)30/h1-7,12-13,16-17H,8-11,14-15H2,(H,27,28)/t17-/m1/s1. The molecule has 7 nitrogen and oxygen atoms in total. The van der Waals surface area contributed by atoms with Crippen molar-refractivity contribution < 1.29 is 13.9 Å². The second-order valence-corrected chi connectivity index (χ2v) is 8.06. The number of rotatable bonds is 7. The molecule has 32 heavy (non-hydrogen) atoms. The lowest BCUT2D eigenvalue weighted by Gasteiger charge is -2.16. The number of benzene rings is 2. The number of nitrogens with zero attached hydrogens (tertiary/aromatic N) is 4. The van der Waals surface area contributed by atoms with Crippen LogP contribution in [0.3, 0.4) is 0 Å². The van der Waals surface area contributed by atoms with E-state index in [4.69, 9.17) is 4.74 Å². The van der Waals surface area contributed by atoms with Crippen LogP contribution in [-0.2, 0) is 17.8 Å². The molecular weight excluding hydrogens is 409 g/mol. The van der Waals surface area contributed by atoms with Crippen molar-refractivity contribution in [3.05, 3.63) is 78.1 Å². The van der Waals surface area contributed by atoms with Gasteiger partial charge in [0, 0.05) is 37.2 Å². The van der Waals surface area contributed by atoms with Gasteiger partial charge < -0.3 is 14.2 Å². The molecule has 1 atom stereocenters. The predicted molar refractivity (Wildman–Crippen MR) is 118 cm³/mol. The molecule has 1 saturated heterocycles. The second-order valence-electron chi connectivity index (χ2n) is 8.06. The molecule has 1 aliphatic heterocycles. The van der Waals surface area contributed by atoms with Crippen molar-refractivity contribution >= 4 is 16.9 Å². The Morgan fingerprint density at radius 1 is 1.19 bits per heavy atom. The first-order chi connectivity index (χ1) is 15.7. The molecule has 0 bridgehead atoms. The van der Waals surface area contributed by atoms with Crippen LogP contribution in [0, 0.1) is 5.82 Å². The number of aromatic amines is 1. The van der Waals surface area contributed by atoms with E-state index in [-0.39, 0.29) is 24.2 Å². The maximum Gasteiger partial charge on any atom is 0.242 e. The largest absolute Gasteiger partial charge is 0.493 e. The van der Waals surface area contributed by atoms with Crippen LogP contribution in [0.1, 0.15) is 23.7 Å².